The van der Waals surface area contributed by atoms with Crippen LogP contribution in [0, 0.1) is 27.3 Å². The SMILES string of the molecule is [C-]#[N+]c1ccc(Nc2cc(C(=O)O)nc3c(-c4c(C)cccc4C)c(C)nn23)cc1. The van der Waals surface area contributed by atoms with Crippen LogP contribution in [0.3, 0.4) is 0 Å². The summed E-state index contributed by atoms with van der Waals surface area (Å²) in [5.41, 5.74) is 6.37. The topological polar surface area (TPSA) is 83.9 Å². The maximum Gasteiger partial charge on any atom is 0.354 e. The molecule has 4 rings (SSSR count). The maximum atomic E-state index is 11.8. The minimum Gasteiger partial charge on any atom is -0.477 e. The van der Waals surface area contributed by atoms with E-state index in [1.54, 1.807) is 28.8 Å². The highest BCUT2D eigenvalue weighted by Gasteiger charge is 2.21. The summed E-state index contributed by atoms with van der Waals surface area (Å²) in [5.74, 6) is -0.635. The predicted molar refractivity (Wildman–Crippen MR) is 116 cm³/mol. The molecule has 2 aromatic heterocycles. The van der Waals surface area contributed by atoms with E-state index in [9.17, 15) is 9.90 Å². The molecule has 30 heavy (non-hydrogen) atoms. The minimum atomic E-state index is -1.12. The van der Waals surface area contributed by atoms with Gasteiger partial charge in [-0.15, -0.1) is 0 Å². The van der Waals surface area contributed by atoms with E-state index in [-0.39, 0.29) is 5.69 Å². The van der Waals surface area contributed by atoms with Gasteiger partial charge in [0.1, 0.15) is 5.82 Å². The number of anilines is 2. The van der Waals surface area contributed by atoms with Crippen molar-refractivity contribution < 1.29 is 9.90 Å². The first kappa shape index (κ1) is 19.2. The molecule has 0 aliphatic carbocycles. The highest BCUT2D eigenvalue weighted by atomic mass is 16.4. The fourth-order valence-corrected chi connectivity index (χ4v) is 3.59. The van der Waals surface area contributed by atoms with Crippen LogP contribution >= 0.6 is 0 Å². The van der Waals surface area contributed by atoms with Crippen LogP contribution in [0.5, 0.6) is 0 Å². The van der Waals surface area contributed by atoms with Gasteiger partial charge in [-0.2, -0.15) is 9.61 Å². The third-order valence-corrected chi connectivity index (χ3v) is 4.98. The van der Waals surface area contributed by atoms with Gasteiger partial charge in [-0.1, -0.05) is 30.3 Å². The van der Waals surface area contributed by atoms with Crippen molar-refractivity contribution in [1.82, 2.24) is 14.6 Å². The minimum absolute atomic E-state index is 0.0739. The van der Waals surface area contributed by atoms with Crippen molar-refractivity contribution in [1.29, 1.82) is 0 Å². The van der Waals surface area contributed by atoms with Crippen molar-refractivity contribution in [2.24, 2.45) is 0 Å². The molecule has 4 aromatic rings. The van der Waals surface area contributed by atoms with Gasteiger partial charge >= 0.3 is 5.97 Å². The third kappa shape index (κ3) is 3.25. The highest BCUT2D eigenvalue weighted by Crippen LogP contribution is 2.34. The Balaban J connectivity index is 1.95. The summed E-state index contributed by atoms with van der Waals surface area (Å²) in [7, 11) is 0. The number of carbonyl (C=O) groups is 1. The van der Waals surface area contributed by atoms with Gasteiger partial charge in [0.15, 0.2) is 17.0 Å². The van der Waals surface area contributed by atoms with Crippen molar-refractivity contribution in [3.05, 3.63) is 82.5 Å². The Hall–Kier alpha value is -4.18. The lowest BCUT2D eigenvalue weighted by Gasteiger charge is -2.11. The number of aromatic carboxylic acids is 1. The fraction of sp³-hybridized carbons (Fsp3) is 0.130. The second kappa shape index (κ2) is 7.33. The summed E-state index contributed by atoms with van der Waals surface area (Å²) >= 11 is 0. The second-order valence-corrected chi connectivity index (χ2v) is 7.08. The van der Waals surface area contributed by atoms with E-state index in [1.165, 1.54) is 6.07 Å². The van der Waals surface area contributed by atoms with Gasteiger partial charge in [0.2, 0.25) is 0 Å². The molecule has 0 saturated carbocycles. The Morgan fingerprint density at radius 1 is 1.07 bits per heavy atom. The summed E-state index contributed by atoms with van der Waals surface area (Å²) in [6.45, 7) is 13.0. The molecular weight excluding hydrogens is 378 g/mol. The molecule has 0 spiro atoms. The van der Waals surface area contributed by atoms with Crippen LogP contribution < -0.4 is 5.32 Å². The normalized spacial score (nSPS) is 10.7. The summed E-state index contributed by atoms with van der Waals surface area (Å²) in [6.07, 6.45) is 0. The van der Waals surface area contributed by atoms with Crippen LogP contribution in [0.1, 0.15) is 27.3 Å². The van der Waals surface area contributed by atoms with Crippen LogP contribution in [-0.2, 0) is 0 Å². The number of carboxylic acids is 1. The average Bonchev–Trinajstić information content (AvgIpc) is 3.05. The smallest absolute Gasteiger partial charge is 0.354 e. The van der Waals surface area contributed by atoms with E-state index in [0.29, 0.717) is 22.8 Å². The molecule has 0 aliphatic rings. The molecule has 148 valence electrons. The molecule has 2 aromatic carbocycles. The van der Waals surface area contributed by atoms with E-state index in [4.69, 9.17) is 6.57 Å². The number of aryl methyl sites for hydroxylation is 3. The van der Waals surface area contributed by atoms with Crippen LogP contribution in [-0.4, -0.2) is 25.7 Å². The monoisotopic (exact) mass is 397 g/mol. The molecular formula is C23H19N5O2. The van der Waals surface area contributed by atoms with Gasteiger partial charge < -0.3 is 10.4 Å². The van der Waals surface area contributed by atoms with Crippen LogP contribution in [0.4, 0.5) is 17.2 Å². The lowest BCUT2D eigenvalue weighted by Crippen LogP contribution is -2.07. The largest absolute Gasteiger partial charge is 0.477 e. The number of benzene rings is 2. The van der Waals surface area contributed by atoms with Gasteiger partial charge in [-0.3, -0.25) is 0 Å². The van der Waals surface area contributed by atoms with E-state index < -0.39 is 5.97 Å². The zero-order valence-corrected chi connectivity index (χ0v) is 16.8. The van der Waals surface area contributed by atoms with Crippen LogP contribution in [0.15, 0.2) is 48.5 Å². The Labute approximate surface area is 173 Å². The van der Waals surface area contributed by atoms with Crippen molar-refractivity contribution in [2.45, 2.75) is 20.8 Å². The second-order valence-electron chi connectivity index (χ2n) is 7.08. The molecule has 0 unspecified atom stereocenters. The molecule has 0 aliphatic heterocycles. The summed E-state index contributed by atoms with van der Waals surface area (Å²) in [6, 6.07) is 14.4. The fourth-order valence-electron chi connectivity index (χ4n) is 3.59. The molecule has 0 saturated heterocycles. The lowest BCUT2D eigenvalue weighted by molar-refractivity contribution is 0.0690. The summed E-state index contributed by atoms with van der Waals surface area (Å²) in [4.78, 5) is 19.6. The van der Waals surface area contributed by atoms with E-state index in [1.807, 2.05) is 39.0 Å². The van der Waals surface area contributed by atoms with Crippen molar-refractivity contribution in [2.75, 3.05) is 5.32 Å². The molecule has 0 atom stereocenters. The lowest BCUT2D eigenvalue weighted by atomic mass is 9.96. The first-order valence-electron chi connectivity index (χ1n) is 9.34. The number of hydrogen-bond donors (Lipinski definition) is 2. The number of fused-ring (bicyclic) bond motifs is 1. The van der Waals surface area contributed by atoms with E-state index in [0.717, 1.165) is 27.9 Å². The maximum absolute atomic E-state index is 11.8. The molecule has 0 radical (unpaired) electrons. The quantitative estimate of drug-likeness (QED) is 0.456. The molecule has 2 N–H and O–H groups in total. The zero-order chi connectivity index (χ0) is 21.4. The number of nitrogens with one attached hydrogen (secondary N) is 1. The number of nitrogens with zero attached hydrogens (tertiary/aromatic N) is 4. The van der Waals surface area contributed by atoms with E-state index >= 15 is 0 Å². The Morgan fingerprint density at radius 2 is 1.73 bits per heavy atom. The van der Waals surface area contributed by atoms with Crippen molar-refractivity contribution in [3.8, 4) is 11.1 Å². The number of hydrogen-bond acceptors (Lipinski definition) is 4. The first-order valence-corrected chi connectivity index (χ1v) is 9.34. The van der Waals surface area contributed by atoms with E-state index in [2.05, 4.69) is 20.2 Å². The molecule has 7 nitrogen and oxygen atoms in total. The van der Waals surface area contributed by atoms with Gasteiger partial charge in [-0.25, -0.2) is 14.6 Å². The third-order valence-electron chi connectivity index (χ3n) is 4.98. The Morgan fingerprint density at radius 3 is 2.33 bits per heavy atom. The molecule has 0 fully saturated rings. The van der Waals surface area contributed by atoms with Crippen molar-refractivity contribution in [3.63, 3.8) is 0 Å². The molecule has 0 bridgehead atoms. The first-order chi connectivity index (χ1) is 14.4. The van der Waals surface area contributed by atoms with Gasteiger partial charge in [0, 0.05) is 11.8 Å². The number of rotatable bonds is 4. The Kier molecular flexibility index (Phi) is 4.68. The molecule has 7 heteroatoms. The summed E-state index contributed by atoms with van der Waals surface area (Å²) < 4.78 is 1.63. The average molecular weight is 397 g/mol. The zero-order valence-electron chi connectivity index (χ0n) is 16.8. The summed E-state index contributed by atoms with van der Waals surface area (Å²) in [5, 5.41) is 17.5. The van der Waals surface area contributed by atoms with Gasteiger partial charge in [0.05, 0.1) is 17.8 Å². The highest BCUT2D eigenvalue weighted by molar-refractivity contribution is 5.91. The van der Waals surface area contributed by atoms with Crippen molar-refractivity contribution >= 4 is 28.8 Å². The number of carboxylic acid groups (broad SMARTS) is 1. The standard InChI is InChI=1S/C23H19N5O2/c1-13-6-5-7-14(2)20(13)21-15(3)27-28-19(12-18(23(29)30)26-22(21)28)25-17-10-8-16(24-4)9-11-17/h5-12,25H,1-3H3,(H,29,30). The van der Waals surface area contributed by atoms with Gasteiger partial charge in [-0.05, 0) is 49.6 Å². The predicted octanol–water partition coefficient (Wildman–Crippen LogP) is 5.31. The Bertz CT molecular complexity index is 1310. The molecule has 0 amide bonds. The van der Waals surface area contributed by atoms with Crippen LogP contribution in [0.2, 0.25) is 0 Å². The van der Waals surface area contributed by atoms with Gasteiger partial charge in [0.25, 0.3) is 0 Å². The molecule has 2 heterocycles. The number of aromatic nitrogens is 3. The van der Waals surface area contributed by atoms with Crippen LogP contribution in [0.25, 0.3) is 21.6 Å².